The highest BCUT2D eigenvalue weighted by Gasteiger charge is 2.07. The maximum atomic E-state index is 11.5. The van der Waals surface area contributed by atoms with Gasteiger partial charge in [-0.05, 0) is 30.7 Å². The fourth-order valence-corrected chi connectivity index (χ4v) is 1.51. The van der Waals surface area contributed by atoms with E-state index in [4.69, 9.17) is 4.74 Å². The van der Waals surface area contributed by atoms with Crippen molar-refractivity contribution in [2.45, 2.75) is 13.3 Å². The summed E-state index contributed by atoms with van der Waals surface area (Å²) < 4.78 is 9.83. The Morgan fingerprint density at radius 1 is 1.05 bits per heavy atom. The minimum atomic E-state index is -0.442. The lowest BCUT2D eigenvalue weighted by Crippen LogP contribution is -2.39. The minimum Gasteiger partial charge on any atom is -0.484 e. The summed E-state index contributed by atoms with van der Waals surface area (Å²) >= 11 is 0. The van der Waals surface area contributed by atoms with Crippen LogP contribution < -0.4 is 15.4 Å². The summed E-state index contributed by atoms with van der Waals surface area (Å²) in [6.07, 6.45) is 0.838. The van der Waals surface area contributed by atoms with Crippen LogP contribution in [0.25, 0.3) is 0 Å². The zero-order valence-electron chi connectivity index (χ0n) is 12.7. The number of nitrogens with one attached hydrogen (secondary N) is 2. The highest BCUT2D eigenvalue weighted by molar-refractivity contribution is 5.89. The Morgan fingerprint density at radius 2 is 1.73 bits per heavy atom. The van der Waals surface area contributed by atoms with Gasteiger partial charge in [0, 0.05) is 6.54 Å². The fraction of sp³-hybridized carbons (Fsp3) is 0.400. The van der Waals surface area contributed by atoms with Crippen LogP contribution in [-0.4, -0.2) is 44.6 Å². The quantitative estimate of drug-likeness (QED) is 0.682. The van der Waals surface area contributed by atoms with Crippen molar-refractivity contribution < 1.29 is 23.9 Å². The molecule has 0 radical (unpaired) electrons. The Balaban J connectivity index is 2.32. The first-order chi connectivity index (χ1) is 10.6. The van der Waals surface area contributed by atoms with Crippen molar-refractivity contribution >= 4 is 17.8 Å². The van der Waals surface area contributed by atoms with Crippen LogP contribution in [0.5, 0.6) is 5.75 Å². The van der Waals surface area contributed by atoms with Crippen LogP contribution in [0.15, 0.2) is 24.3 Å². The molecule has 0 unspecified atom stereocenters. The van der Waals surface area contributed by atoms with E-state index in [2.05, 4.69) is 15.4 Å². The first-order valence-corrected chi connectivity index (χ1v) is 6.91. The Labute approximate surface area is 129 Å². The Morgan fingerprint density at radius 3 is 2.32 bits per heavy atom. The second kappa shape index (κ2) is 9.38. The highest BCUT2D eigenvalue weighted by atomic mass is 16.5. The van der Waals surface area contributed by atoms with Gasteiger partial charge < -0.3 is 20.1 Å². The molecule has 0 spiro atoms. The predicted octanol–water partition coefficient (Wildman–Crippen LogP) is 0.494. The van der Waals surface area contributed by atoms with E-state index < -0.39 is 11.9 Å². The third-order valence-electron chi connectivity index (χ3n) is 2.66. The summed E-state index contributed by atoms with van der Waals surface area (Å²) in [5.41, 5.74) is 0.395. The van der Waals surface area contributed by atoms with E-state index in [1.807, 2.05) is 6.92 Å². The van der Waals surface area contributed by atoms with Crippen LogP contribution in [0.1, 0.15) is 23.7 Å². The highest BCUT2D eigenvalue weighted by Crippen LogP contribution is 2.12. The molecule has 1 aromatic carbocycles. The van der Waals surface area contributed by atoms with Crippen LogP contribution in [0.3, 0.4) is 0 Å². The van der Waals surface area contributed by atoms with Gasteiger partial charge in [-0.3, -0.25) is 9.59 Å². The van der Waals surface area contributed by atoms with Gasteiger partial charge in [0.05, 0.1) is 19.2 Å². The number of benzene rings is 1. The van der Waals surface area contributed by atoms with E-state index in [1.54, 1.807) is 12.1 Å². The largest absolute Gasteiger partial charge is 0.484 e. The van der Waals surface area contributed by atoms with Gasteiger partial charge in [0.2, 0.25) is 5.91 Å². The van der Waals surface area contributed by atoms with Crippen molar-refractivity contribution in [1.82, 2.24) is 10.6 Å². The molecule has 0 fully saturated rings. The number of carbonyl (C=O) groups excluding carboxylic acids is 3. The molecule has 1 rings (SSSR count). The monoisotopic (exact) mass is 308 g/mol. The van der Waals surface area contributed by atoms with Crippen LogP contribution in [0, 0.1) is 0 Å². The number of hydrogen-bond acceptors (Lipinski definition) is 5. The van der Waals surface area contributed by atoms with Gasteiger partial charge in [-0.25, -0.2) is 4.79 Å². The smallest absolute Gasteiger partial charge is 0.337 e. The lowest BCUT2D eigenvalue weighted by atomic mass is 10.2. The van der Waals surface area contributed by atoms with Crippen molar-refractivity contribution in [1.29, 1.82) is 0 Å². The zero-order chi connectivity index (χ0) is 16.4. The minimum absolute atomic E-state index is 0.0799. The molecule has 1 aromatic rings. The van der Waals surface area contributed by atoms with E-state index in [9.17, 15) is 14.4 Å². The Kier molecular flexibility index (Phi) is 7.45. The van der Waals surface area contributed by atoms with Gasteiger partial charge in [0.15, 0.2) is 6.61 Å². The lowest BCUT2D eigenvalue weighted by Gasteiger charge is -2.08. The van der Waals surface area contributed by atoms with Gasteiger partial charge in [0.1, 0.15) is 5.75 Å². The second-order valence-electron chi connectivity index (χ2n) is 4.43. The molecule has 0 saturated carbocycles. The van der Waals surface area contributed by atoms with E-state index in [0.717, 1.165) is 6.42 Å². The molecule has 120 valence electrons. The second-order valence-corrected chi connectivity index (χ2v) is 4.43. The zero-order valence-corrected chi connectivity index (χ0v) is 12.7. The number of methoxy groups -OCH3 is 1. The van der Waals surface area contributed by atoms with Gasteiger partial charge in [-0.2, -0.15) is 0 Å². The molecule has 2 amide bonds. The number of rotatable bonds is 8. The van der Waals surface area contributed by atoms with Gasteiger partial charge in [-0.1, -0.05) is 6.92 Å². The third kappa shape index (κ3) is 6.25. The number of carbonyl (C=O) groups is 3. The molecule has 0 bridgehead atoms. The molecule has 0 heterocycles. The van der Waals surface area contributed by atoms with Crippen molar-refractivity contribution in [2.24, 2.45) is 0 Å². The lowest BCUT2D eigenvalue weighted by molar-refractivity contribution is -0.127. The van der Waals surface area contributed by atoms with E-state index in [1.165, 1.54) is 19.2 Å². The van der Waals surface area contributed by atoms with Crippen molar-refractivity contribution in [3.05, 3.63) is 29.8 Å². The molecule has 0 aliphatic heterocycles. The summed E-state index contributed by atoms with van der Waals surface area (Å²) in [5.74, 6) is -0.637. The van der Waals surface area contributed by atoms with Gasteiger partial charge in [0.25, 0.3) is 5.91 Å². The summed E-state index contributed by atoms with van der Waals surface area (Å²) in [6, 6.07) is 6.20. The standard InChI is InChI=1S/C15H20N2O5/c1-3-8-16-13(18)9-17-14(19)10-22-12-6-4-11(5-7-12)15(20)21-2/h4-7H,3,8-10H2,1-2H3,(H,16,18)(H,17,19). The normalized spacial score (nSPS) is 9.73. The van der Waals surface area contributed by atoms with Crippen molar-refractivity contribution in [3.8, 4) is 5.75 Å². The molecule has 0 aliphatic rings. The number of ether oxygens (including phenoxy) is 2. The summed E-state index contributed by atoms with van der Waals surface area (Å²) in [7, 11) is 1.30. The molecular formula is C15H20N2O5. The maximum absolute atomic E-state index is 11.5. The third-order valence-corrected chi connectivity index (χ3v) is 2.66. The predicted molar refractivity (Wildman–Crippen MR) is 79.6 cm³/mol. The topological polar surface area (TPSA) is 93.7 Å². The molecule has 22 heavy (non-hydrogen) atoms. The Bertz CT molecular complexity index is 513. The molecule has 0 aromatic heterocycles. The Hall–Kier alpha value is -2.57. The molecule has 2 N–H and O–H groups in total. The van der Waals surface area contributed by atoms with Crippen LogP contribution >= 0.6 is 0 Å². The first-order valence-electron chi connectivity index (χ1n) is 6.91. The number of amides is 2. The number of esters is 1. The molecule has 7 nitrogen and oxygen atoms in total. The average Bonchev–Trinajstić information content (AvgIpc) is 2.55. The van der Waals surface area contributed by atoms with E-state index in [0.29, 0.717) is 17.9 Å². The van der Waals surface area contributed by atoms with Crippen LogP contribution in [0.2, 0.25) is 0 Å². The van der Waals surface area contributed by atoms with E-state index in [-0.39, 0.29) is 19.1 Å². The van der Waals surface area contributed by atoms with Gasteiger partial charge >= 0.3 is 5.97 Å². The summed E-state index contributed by atoms with van der Waals surface area (Å²) in [5, 5.41) is 5.10. The van der Waals surface area contributed by atoms with Crippen molar-refractivity contribution in [3.63, 3.8) is 0 Å². The van der Waals surface area contributed by atoms with Crippen LogP contribution in [0.4, 0.5) is 0 Å². The molecule has 0 saturated heterocycles. The first kappa shape index (κ1) is 17.5. The summed E-state index contributed by atoms with van der Waals surface area (Å²) in [6.45, 7) is 2.23. The number of hydrogen-bond donors (Lipinski definition) is 2. The molecule has 7 heteroatoms. The van der Waals surface area contributed by atoms with Gasteiger partial charge in [-0.15, -0.1) is 0 Å². The van der Waals surface area contributed by atoms with E-state index >= 15 is 0 Å². The average molecular weight is 308 g/mol. The maximum Gasteiger partial charge on any atom is 0.337 e. The molecule has 0 atom stereocenters. The van der Waals surface area contributed by atoms with Crippen LogP contribution in [-0.2, 0) is 14.3 Å². The molecule has 0 aliphatic carbocycles. The fourth-order valence-electron chi connectivity index (χ4n) is 1.51. The molecular weight excluding hydrogens is 288 g/mol. The SMILES string of the molecule is CCCNC(=O)CNC(=O)COc1ccc(C(=O)OC)cc1. The van der Waals surface area contributed by atoms with Crippen molar-refractivity contribution in [2.75, 3.05) is 26.8 Å². The summed E-state index contributed by atoms with van der Waals surface area (Å²) in [4.78, 5) is 34.1.